The van der Waals surface area contributed by atoms with Crippen LogP contribution >= 0.6 is 0 Å². The smallest absolute Gasteiger partial charge is 0.303 e. The number of fused-ring (bicyclic) bond motifs is 1. The van der Waals surface area contributed by atoms with Crippen LogP contribution in [-0.4, -0.2) is 22.0 Å². The molecule has 1 heterocycles. The lowest BCUT2D eigenvalue weighted by Crippen LogP contribution is -2.16. The van der Waals surface area contributed by atoms with Gasteiger partial charge in [0.2, 0.25) is 0 Å². The lowest BCUT2D eigenvalue weighted by Gasteiger charge is -2.28. The molecule has 3 aromatic carbocycles. The minimum atomic E-state index is -0.684. The zero-order chi connectivity index (χ0) is 23.5. The predicted molar refractivity (Wildman–Crippen MR) is 135 cm³/mol. The minimum Gasteiger partial charge on any atom is -0.481 e. The fourth-order valence-corrected chi connectivity index (χ4v) is 5.05. The number of nitrogens with one attached hydrogen (secondary N) is 2. The van der Waals surface area contributed by atoms with Crippen molar-refractivity contribution in [2.75, 3.05) is 5.32 Å². The fourth-order valence-electron chi connectivity index (χ4n) is 5.05. The second-order valence-electron chi connectivity index (χ2n) is 9.24. The number of benzene rings is 3. The van der Waals surface area contributed by atoms with Crippen molar-refractivity contribution in [3.63, 3.8) is 0 Å². The van der Waals surface area contributed by atoms with E-state index in [-0.39, 0.29) is 5.91 Å². The lowest BCUT2D eigenvalue weighted by molar-refractivity contribution is -0.138. The van der Waals surface area contributed by atoms with Crippen LogP contribution in [0.25, 0.3) is 22.0 Å². The SMILES string of the molecule is O=C(O)C[C@H]1CC[C@H](c2ccc(-c3ccc4[nH]c(C(=O)Nc5ccccc5)cc4c3)cc2)CC1. The van der Waals surface area contributed by atoms with E-state index in [9.17, 15) is 9.59 Å². The largest absolute Gasteiger partial charge is 0.481 e. The van der Waals surface area contributed by atoms with Crippen LogP contribution in [0.1, 0.15) is 54.1 Å². The Labute approximate surface area is 198 Å². The van der Waals surface area contributed by atoms with Crippen molar-refractivity contribution in [2.45, 2.75) is 38.0 Å². The van der Waals surface area contributed by atoms with Gasteiger partial charge in [-0.2, -0.15) is 0 Å². The van der Waals surface area contributed by atoms with Crippen molar-refractivity contribution in [1.82, 2.24) is 4.98 Å². The van der Waals surface area contributed by atoms with E-state index in [4.69, 9.17) is 5.11 Å². The van der Waals surface area contributed by atoms with E-state index in [0.717, 1.165) is 53.4 Å². The molecule has 1 fully saturated rings. The molecule has 172 valence electrons. The predicted octanol–water partition coefficient (Wildman–Crippen LogP) is 6.84. The molecule has 1 aliphatic carbocycles. The summed E-state index contributed by atoms with van der Waals surface area (Å²) in [6.45, 7) is 0. The second-order valence-corrected chi connectivity index (χ2v) is 9.24. The molecule has 4 aromatic rings. The summed E-state index contributed by atoms with van der Waals surface area (Å²) in [6.07, 6.45) is 4.38. The number of anilines is 1. The van der Waals surface area contributed by atoms with Crippen LogP contribution in [0, 0.1) is 5.92 Å². The summed E-state index contributed by atoms with van der Waals surface area (Å²) in [6, 6.07) is 26.3. The van der Waals surface area contributed by atoms with Crippen LogP contribution < -0.4 is 5.32 Å². The molecule has 0 bridgehead atoms. The molecule has 1 aliphatic rings. The van der Waals surface area contributed by atoms with Gasteiger partial charge >= 0.3 is 5.97 Å². The fraction of sp³-hybridized carbons (Fsp3) is 0.241. The number of amides is 1. The van der Waals surface area contributed by atoms with Gasteiger partial charge in [0.05, 0.1) is 0 Å². The number of para-hydroxylation sites is 1. The molecule has 1 amide bonds. The van der Waals surface area contributed by atoms with Crippen molar-refractivity contribution >= 4 is 28.5 Å². The number of carboxylic acid groups (broad SMARTS) is 1. The summed E-state index contributed by atoms with van der Waals surface area (Å²) >= 11 is 0. The summed E-state index contributed by atoms with van der Waals surface area (Å²) in [5, 5.41) is 12.9. The third kappa shape index (κ3) is 4.88. The molecule has 34 heavy (non-hydrogen) atoms. The standard InChI is InChI=1S/C29H28N2O3/c32-28(33)16-19-6-8-20(9-7-19)21-10-12-22(13-11-21)23-14-15-26-24(17-23)18-27(31-26)29(34)30-25-4-2-1-3-5-25/h1-5,10-15,17-20,31H,6-9,16H2,(H,30,34)(H,32,33)/t19-,20-. The number of rotatable bonds is 6. The van der Waals surface area contributed by atoms with Gasteiger partial charge in [0.1, 0.15) is 5.69 Å². The lowest BCUT2D eigenvalue weighted by atomic mass is 9.77. The van der Waals surface area contributed by atoms with Crippen molar-refractivity contribution in [2.24, 2.45) is 5.92 Å². The number of carbonyl (C=O) groups is 2. The van der Waals surface area contributed by atoms with Crippen LogP contribution in [0.5, 0.6) is 0 Å². The Bertz CT molecular complexity index is 1300. The molecule has 0 aliphatic heterocycles. The Kier molecular flexibility index (Phi) is 6.17. The first-order valence-corrected chi connectivity index (χ1v) is 11.9. The Morgan fingerprint density at radius 1 is 0.853 bits per heavy atom. The Morgan fingerprint density at radius 2 is 1.56 bits per heavy atom. The van der Waals surface area contributed by atoms with E-state index in [0.29, 0.717) is 24.0 Å². The average molecular weight is 453 g/mol. The normalized spacial score (nSPS) is 18.0. The monoisotopic (exact) mass is 452 g/mol. The third-order valence-electron chi connectivity index (χ3n) is 6.92. The van der Waals surface area contributed by atoms with Crippen molar-refractivity contribution in [3.05, 3.63) is 90.1 Å². The zero-order valence-electron chi connectivity index (χ0n) is 19.0. The molecule has 0 atom stereocenters. The highest BCUT2D eigenvalue weighted by molar-refractivity contribution is 6.06. The molecule has 0 saturated heterocycles. The maximum atomic E-state index is 12.6. The van der Waals surface area contributed by atoms with Gasteiger partial charge in [-0.25, -0.2) is 0 Å². The van der Waals surface area contributed by atoms with Crippen molar-refractivity contribution in [3.8, 4) is 11.1 Å². The first-order valence-electron chi connectivity index (χ1n) is 11.9. The Balaban J connectivity index is 1.28. The zero-order valence-corrected chi connectivity index (χ0v) is 19.0. The van der Waals surface area contributed by atoms with Gasteiger partial charge in [-0.15, -0.1) is 0 Å². The molecule has 3 N–H and O–H groups in total. The molecule has 5 rings (SSSR count). The minimum absolute atomic E-state index is 0.161. The van der Waals surface area contributed by atoms with Gasteiger partial charge in [0.25, 0.3) is 5.91 Å². The number of aliphatic carboxylic acids is 1. The highest BCUT2D eigenvalue weighted by Gasteiger charge is 2.24. The van der Waals surface area contributed by atoms with Gasteiger partial charge in [-0.05, 0) is 84.5 Å². The highest BCUT2D eigenvalue weighted by Crippen LogP contribution is 2.37. The third-order valence-corrected chi connectivity index (χ3v) is 6.92. The molecule has 1 saturated carbocycles. The maximum Gasteiger partial charge on any atom is 0.303 e. The van der Waals surface area contributed by atoms with Gasteiger partial charge < -0.3 is 15.4 Å². The molecule has 5 heteroatoms. The summed E-state index contributed by atoms with van der Waals surface area (Å²) in [4.78, 5) is 26.8. The Hall–Kier alpha value is -3.86. The van der Waals surface area contributed by atoms with Crippen LogP contribution in [-0.2, 0) is 4.79 Å². The number of hydrogen-bond acceptors (Lipinski definition) is 2. The molecular formula is C29H28N2O3. The van der Waals surface area contributed by atoms with Crippen molar-refractivity contribution < 1.29 is 14.7 Å². The van der Waals surface area contributed by atoms with Gasteiger partial charge in [0, 0.05) is 23.0 Å². The van der Waals surface area contributed by atoms with Gasteiger partial charge in [-0.3, -0.25) is 9.59 Å². The van der Waals surface area contributed by atoms with Crippen LogP contribution in [0.3, 0.4) is 0 Å². The van der Waals surface area contributed by atoms with E-state index < -0.39 is 5.97 Å². The average Bonchev–Trinajstić information content (AvgIpc) is 3.29. The first kappa shape index (κ1) is 22.0. The number of aromatic nitrogens is 1. The van der Waals surface area contributed by atoms with Gasteiger partial charge in [0.15, 0.2) is 0 Å². The molecule has 1 aromatic heterocycles. The second kappa shape index (κ2) is 9.56. The molecular weight excluding hydrogens is 424 g/mol. The van der Waals surface area contributed by atoms with E-state index >= 15 is 0 Å². The summed E-state index contributed by atoms with van der Waals surface area (Å²) in [7, 11) is 0. The number of aromatic amines is 1. The Morgan fingerprint density at radius 3 is 2.26 bits per heavy atom. The maximum absolute atomic E-state index is 12.6. The van der Waals surface area contributed by atoms with Crippen molar-refractivity contribution in [1.29, 1.82) is 0 Å². The summed E-state index contributed by atoms with van der Waals surface area (Å²) < 4.78 is 0. The number of H-pyrrole nitrogens is 1. The van der Waals surface area contributed by atoms with E-state index in [1.165, 1.54) is 5.56 Å². The van der Waals surface area contributed by atoms with Crippen LogP contribution in [0.15, 0.2) is 78.9 Å². The van der Waals surface area contributed by atoms with E-state index in [2.05, 4.69) is 46.7 Å². The van der Waals surface area contributed by atoms with E-state index in [1.807, 2.05) is 42.5 Å². The topological polar surface area (TPSA) is 82.2 Å². The highest BCUT2D eigenvalue weighted by atomic mass is 16.4. The molecule has 0 radical (unpaired) electrons. The molecule has 5 nitrogen and oxygen atoms in total. The molecule has 0 unspecified atom stereocenters. The summed E-state index contributed by atoms with van der Waals surface area (Å²) in [5.41, 5.74) is 5.81. The molecule has 0 spiro atoms. The summed E-state index contributed by atoms with van der Waals surface area (Å²) in [5.74, 6) is -0.0137. The van der Waals surface area contributed by atoms with Crippen LogP contribution in [0.4, 0.5) is 5.69 Å². The number of carbonyl (C=O) groups excluding carboxylic acids is 1. The first-order chi connectivity index (χ1) is 16.5. The number of hydrogen-bond donors (Lipinski definition) is 3. The van der Waals surface area contributed by atoms with E-state index in [1.54, 1.807) is 0 Å². The number of carboxylic acids is 1. The van der Waals surface area contributed by atoms with Gasteiger partial charge in [-0.1, -0.05) is 48.5 Å². The quantitative estimate of drug-likeness (QED) is 0.300. The van der Waals surface area contributed by atoms with Crippen LogP contribution in [0.2, 0.25) is 0 Å².